The Kier molecular flexibility index (Phi) is 8.59. The maximum absolute atomic E-state index is 13.5. The summed E-state index contributed by atoms with van der Waals surface area (Å²) in [6.45, 7) is 0.894. The number of halogens is 3. The minimum Gasteiger partial charge on any atom is -0.468 e. The van der Waals surface area contributed by atoms with Gasteiger partial charge in [-0.15, -0.1) is 0 Å². The largest absolute Gasteiger partial charge is 0.468 e. The van der Waals surface area contributed by atoms with E-state index in [-0.39, 0.29) is 29.4 Å². The van der Waals surface area contributed by atoms with Crippen LogP contribution >= 0.6 is 0 Å². The second-order valence-corrected chi connectivity index (χ2v) is 10.8. The number of esters is 1. The van der Waals surface area contributed by atoms with E-state index in [1.807, 2.05) is 6.07 Å². The molecule has 9 heteroatoms. The first-order valence-corrected chi connectivity index (χ1v) is 13.9. The van der Waals surface area contributed by atoms with Crippen molar-refractivity contribution in [2.24, 2.45) is 5.92 Å². The van der Waals surface area contributed by atoms with Gasteiger partial charge in [-0.05, 0) is 85.8 Å². The highest BCUT2D eigenvalue weighted by Crippen LogP contribution is 2.37. The number of rotatable bonds is 7. The minimum absolute atomic E-state index is 0.0205. The number of carbonyl (C=O) groups excluding carboxylic acids is 2. The highest BCUT2D eigenvalue weighted by atomic mass is 19.2. The molecular formula is C31H34F3N3O3. The smallest absolute Gasteiger partial charge is 0.323 e. The number of fused-ring (bicyclic) bond motifs is 1. The summed E-state index contributed by atoms with van der Waals surface area (Å²) >= 11 is 0. The summed E-state index contributed by atoms with van der Waals surface area (Å²) in [4.78, 5) is 30.5. The van der Waals surface area contributed by atoms with Crippen molar-refractivity contribution in [3.63, 3.8) is 0 Å². The number of amides is 1. The fourth-order valence-corrected chi connectivity index (χ4v) is 6.18. The van der Waals surface area contributed by atoms with E-state index >= 15 is 0 Å². The lowest BCUT2D eigenvalue weighted by atomic mass is 9.80. The fraction of sp³-hybridized carbons (Fsp3) is 0.419. The molecule has 0 radical (unpaired) electrons. The quantitative estimate of drug-likeness (QED) is 0.224. The molecule has 3 aromatic rings. The minimum atomic E-state index is -1.54. The number of carbonyl (C=O) groups is 2. The summed E-state index contributed by atoms with van der Waals surface area (Å²) in [6.07, 6.45) is 9.87. The second kappa shape index (κ2) is 12.3. The molecule has 0 spiro atoms. The zero-order valence-corrected chi connectivity index (χ0v) is 22.5. The molecule has 212 valence electrons. The van der Waals surface area contributed by atoms with Gasteiger partial charge in [-0.2, -0.15) is 0 Å². The number of hydrogen-bond donors (Lipinski definition) is 2. The Morgan fingerprint density at radius 1 is 1.02 bits per heavy atom. The Bertz CT molecular complexity index is 1370. The van der Waals surface area contributed by atoms with Crippen molar-refractivity contribution in [3.8, 4) is 0 Å². The van der Waals surface area contributed by atoms with Crippen molar-refractivity contribution in [1.82, 2.24) is 15.2 Å². The van der Waals surface area contributed by atoms with Crippen LogP contribution in [-0.2, 0) is 14.3 Å². The molecule has 1 saturated carbocycles. The molecule has 2 fully saturated rings. The first kappa shape index (κ1) is 28.0. The van der Waals surface area contributed by atoms with Crippen LogP contribution in [0.3, 0.4) is 0 Å². The third-order valence-electron chi connectivity index (χ3n) is 8.41. The average molecular weight is 554 g/mol. The van der Waals surface area contributed by atoms with Crippen molar-refractivity contribution in [2.75, 3.05) is 20.2 Å². The molecule has 1 unspecified atom stereocenters. The molecule has 0 bridgehead atoms. The van der Waals surface area contributed by atoms with Crippen LogP contribution in [0.4, 0.5) is 13.2 Å². The van der Waals surface area contributed by atoms with Crippen molar-refractivity contribution in [2.45, 2.75) is 56.5 Å². The molecule has 2 N–H and O–H groups in total. The van der Waals surface area contributed by atoms with Gasteiger partial charge < -0.3 is 19.9 Å². The van der Waals surface area contributed by atoms with Crippen LogP contribution in [0.25, 0.3) is 17.0 Å². The molecule has 2 aromatic carbocycles. The molecule has 1 atom stereocenters. The van der Waals surface area contributed by atoms with Crippen LogP contribution in [0.5, 0.6) is 0 Å². The fourth-order valence-electron chi connectivity index (χ4n) is 6.18. The van der Waals surface area contributed by atoms with Crippen LogP contribution < -0.4 is 5.32 Å². The van der Waals surface area contributed by atoms with Gasteiger partial charge >= 0.3 is 5.97 Å². The van der Waals surface area contributed by atoms with Crippen LogP contribution in [0.2, 0.25) is 0 Å². The number of aromatic amines is 1. The first-order chi connectivity index (χ1) is 19.3. The SMILES string of the molecule is COC(=O)C(N[C@H]1CC[C@H](c2c[nH]c3ccccc32)CC1)C1CCN(C(=O)C=Cc2cc(F)c(F)c(F)c2)CC1. The Morgan fingerprint density at radius 2 is 1.70 bits per heavy atom. The molecule has 1 aromatic heterocycles. The van der Waals surface area contributed by atoms with Crippen LogP contribution in [0, 0.1) is 23.4 Å². The van der Waals surface area contributed by atoms with Gasteiger partial charge in [-0.25, -0.2) is 13.2 Å². The summed E-state index contributed by atoms with van der Waals surface area (Å²) in [5.41, 5.74) is 2.58. The van der Waals surface area contributed by atoms with E-state index in [9.17, 15) is 22.8 Å². The number of benzene rings is 2. The van der Waals surface area contributed by atoms with Crippen LogP contribution in [0.15, 0.2) is 48.7 Å². The van der Waals surface area contributed by atoms with E-state index in [0.29, 0.717) is 31.8 Å². The monoisotopic (exact) mass is 553 g/mol. The van der Waals surface area contributed by atoms with Gasteiger partial charge in [-0.3, -0.25) is 9.59 Å². The lowest BCUT2D eigenvalue weighted by molar-refractivity contribution is -0.145. The van der Waals surface area contributed by atoms with Gasteiger partial charge in [0.2, 0.25) is 5.91 Å². The van der Waals surface area contributed by atoms with Crippen molar-refractivity contribution in [1.29, 1.82) is 0 Å². The normalized spacial score (nSPS) is 21.1. The summed E-state index contributed by atoms with van der Waals surface area (Å²) < 4.78 is 45.2. The predicted molar refractivity (Wildman–Crippen MR) is 147 cm³/mol. The molecule has 1 aliphatic carbocycles. The van der Waals surface area contributed by atoms with Gasteiger partial charge in [0.15, 0.2) is 17.5 Å². The lowest BCUT2D eigenvalue weighted by Crippen LogP contribution is -2.52. The molecule has 5 rings (SSSR count). The maximum atomic E-state index is 13.5. The van der Waals surface area contributed by atoms with Crippen molar-refractivity contribution >= 4 is 28.9 Å². The van der Waals surface area contributed by atoms with Crippen LogP contribution in [-0.4, -0.2) is 54.0 Å². The molecule has 2 heterocycles. The van der Waals surface area contributed by atoms with Gasteiger partial charge in [0.25, 0.3) is 0 Å². The number of para-hydroxylation sites is 1. The molecule has 1 amide bonds. The zero-order chi connectivity index (χ0) is 28.2. The highest BCUT2D eigenvalue weighted by Gasteiger charge is 2.35. The van der Waals surface area contributed by atoms with E-state index in [4.69, 9.17) is 4.74 Å². The second-order valence-electron chi connectivity index (χ2n) is 10.8. The number of piperidine rings is 1. The van der Waals surface area contributed by atoms with E-state index in [1.54, 1.807) is 4.90 Å². The van der Waals surface area contributed by atoms with Crippen LogP contribution in [0.1, 0.15) is 55.6 Å². The Hall–Kier alpha value is -3.59. The number of likely N-dealkylation sites (tertiary alicyclic amines) is 1. The van der Waals surface area contributed by atoms with E-state index < -0.39 is 23.5 Å². The lowest BCUT2D eigenvalue weighted by Gasteiger charge is -2.38. The first-order valence-electron chi connectivity index (χ1n) is 13.9. The number of methoxy groups -OCH3 is 1. The summed E-state index contributed by atoms with van der Waals surface area (Å²) in [5, 5.41) is 4.86. The Balaban J connectivity index is 1.15. The third kappa shape index (κ3) is 6.09. The number of nitrogens with one attached hydrogen (secondary N) is 2. The Morgan fingerprint density at radius 3 is 2.38 bits per heavy atom. The molecule has 1 aliphatic heterocycles. The molecule has 1 saturated heterocycles. The maximum Gasteiger partial charge on any atom is 0.323 e. The van der Waals surface area contributed by atoms with E-state index in [2.05, 4.69) is 34.7 Å². The molecule has 2 aliphatic rings. The van der Waals surface area contributed by atoms with E-state index in [0.717, 1.165) is 43.3 Å². The summed E-state index contributed by atoms with van der Waals surface area (Å²) in [7, 11) is 1.40. The van der Waals surface area contributed by atoms with Gasteiger partial charge in [0, 0.05) is 42.3 Å². The molecule has 40 heavy (non-hydrogen) atoms. The average Bonchev–Trinajstić information content (AvgIpc) is 3.41. The van der Waals surface area contributed by atoms with Crippen molar-refractivity contribution in [3.05, 3.63) is 77.2 Å². The number of aromatic nitrogens is 1. The third-order valence-corrected chi connectivity index (χ3v) is 8.41. The van der Waals surface area contributed by atoms with Gasteiger partial charge in [0.1, 0.15) is 6.04 Å². The number of ether oxygens (including phenoxy) is 1. The zero-order valence-electron chi connectivity index (χ0n) is 22.5. The molecular weight excluding hydrogens is 519 g/mol. The number of nitrogens with zero attached hydrogens (tertiary/aromatic N) is 1. The number of H-pyrrole nitrogens is 1. The Labute approximate surface area is 231 Å². The number of hydrogen-bond acceptors (Lipinski definition) is 4. The molecule has 6 nitrogen and oxygen atoms in total. The summed E-state index contributed by atoms with van der Waals surface area (Å²) in [6, 6.07) is 9.80. The van der Waals surface area contributed by atoms with Crippen molar-refractivity contribution < 1.29 is 27.5 Å². The highest BCUT2D eigenvalue weighted by molar-refractivity contribution is 5.92. The van der Waals surface area contributed by atoms with Gasteiger partial charge in [-0.1, -0.05) is 18.2 Å². The van der Waals surface area contributed by atoms with E-state index in [1.165, 1.54) is 30.2 Å². The standard InChI is InChI=1S/C31H34F3N3O3/c1-40-31(39)30(36-22-9-7-20(8-10-22)24-18-35-27-5-3-2-4-23(24)27)21-12-14-37(15-13-21)28(38)11-6-19-16-25(32)29(34)26(33)17-19/h2-6,11,16-18,20-22,30,35-36H,7-10,12-15H2,1H3/t20-,22-,30?. The van der Waals surface area contributed by atoms with Gasteiger partial charge in [0.05, 0.1) is 7.11 Å². The predicted octanol–water partition coefficient (Wildman–Crippen LogP) is 5.69. The summed E-state index contributed by atoms with van der Waals surface area (Å²) in [5.74, 6) is -4.24. The topological polar surface area (TPSA) is 74.4 Å².